The van der Waals surface area contributed by atoms with Crippen molar-refractivity contribution in [1.82, 2.24) is 19.9 Å². The Kier molecular flexibility index (Phi) is 11.0. The number of nitrogens with one attached hydrogen (secondary N) is 1. The highest BCUT2D eigenvalue weighted by atomic mass is 32.2. The van der Waals surface area contributed by atoms with E-state index in [0.29, 0.717) is 17.2 Å². The van der Waals surface area contributed by atoms with Gasteiger partial charge in [-0.05, 0) is 95.4 Å². The van der Waals surface area contributed by atoms with E-state index in [0.717, 1.165) is 55.2 Å². The van der Waals surface area contributed by atoms with E-state index in [9.17, 15) is 22.8 Å². The number of carbonyl (C=O) groups excluding carboxylic acids is 2. The van der Waals surface area contributed by atoms with Crippen molar-refractivity contribution in [3.8, 4) is 5.88 Å². The van der Waals surface area contributed by atoms with Gasteiger partial charge >= 0.3 is 6.09 Å². The van der Waals surface area contributed by atoms with Crippen LogP contribution in [0.4, 0.5) is 4.79 Å². The Balaban J connectivity index is 0.000000224. The highest BCUT2D eigenvalue weighted by Gasteiger charge is 2.39. The second-order valence-electron chi connectivity index (χ2n) is 13.1. The van der Waals surface area contributed by atoms with Crippen molar-refractivity contribution in [2.45, 2.75) is 95.9 Å². The number of rotatable bonds is 10. The zero-order valence-corrected chi connectivity index (χ0v) is 27.8. The number of nitrogens with zero attached hydrogens (tertiary/aromatic N) is 3. The molecule has 2 atom stereocenters. The van der Waals surface area contributed by atoms with Gasteiger partial charge in [-0.25, -0.2) is 23.3 Å². The van der Waals surface area contributed by atoms with E-state index >= 15 is 0 Å². The average Bonchev–Trinajstić information content (AvgIpc) is 3.90. The number of carbonyl (C=O) groups is 2. The molecule has 3 aliphatic carbocycles. The van der Waals surface area contributed by atoms with Crippen LogP contribution in [0.5, 0.6) is 5.88 Å². The zero-order valence-electron chi connectivity index (χ0n) is 27.0. The number of amides is 2. The van der Waals surface area contributed by atoms with E-state index in [4.69, 9.17) is 14.3 Å². The number of aromatic nitrogens is 2. The Morgan fingerprint density at radius 3 is 2.31 bits per heavy atom. The van der Waals surface area contributed by atoms with Crippen LogP contribution in [-0.4, -0.2) is 73.2 Å². The number of sulfone groups is 1. The number of likely N-dealkylation sites (N-methyl/N-ethyl adjacent to an activating group) is 1. The van der Waals surface area contributed by atoms with Gasteiger partial charge < -0.3 is 19.4 Å². The number of pyridine rings is 2. The molecule has 2 aromatic heterocycles. The van der Waals surface area contributed by atoms with E-state index in [-0.39, 0.29) is 29.5 Å². The van der Waals surface area contributed by atoms with Crippen LogP contribution in [0.2, 0.25) is 0 Å². The summed E-state index contributed by atoms with van der Waals surface area (Å²) in [5.41, 5.74) is -0.726. The number of hydroxylamine groups is 2. The van der Waals surface area contributed by atoms with Crippen LogP contribution >= 0.6 is 0 Å². The van der Waals surface area contributed by atoms with E-state index in [1.54, 1.807) is 43.8 Å². The molecule has 1 N–H and O–H groups in total. The van der Waals surface area contributed by atoms with Crippen LogP contribution in [0.3, 0.4) is 0 Å². The van der Waals surface area contributed by atoms with Crippen molar-refractivity contribution in [2.24, 2.45) is 11.8 Å². The molecule has 248 valence electrons. The molecule has 2 aromatic rings. The second-order valence-corrected chi connectivity index (χ2v) is 15.1. The number of fused-ring (bicyclic) bond motifs is 1. The highest BCUT2D eigenvalue weighted by Crippen LogP contribution is 2.40. The van der Waals surface area contributed by atoms with Gasteiger partial charge in [0.05, 0.1) is 18.5 Å². The molecule has 0 spiro atoms. The first-order valence-electron chi connectivity index (χ1n) is 15.5. The maximum atomic E-state index is 13.0. The Bertz CT molecular complexity index is 1550. The van der Waals surface area contributed by atoms with Crippen LogP contribution < -0.4 is 15.6 Å². The fourth-order valence-electron chi connectivity index (χ4n) is 5.28. The molecule has 0 unspecified atom stereocenters. The van der Waals surface area contributed by atoms with Gasteiger partial charge in [0, 0.05) is 37.2 Å². The summed E-state index contributed by atoms with van der Waals surface area (Å²) in [6, 6.07) is 2.89. The molecule has 2 amide bonds. The highest BCUT2D eigenvalue weighted by molar-refractivity contribution is 7.93. The van der Waals surface area contributed by atoms with Gasteiger partial charge in [-0.3, -0.25) is 14.4 Å². The minimum Gasteiger partial charge on any atom is -0.474 e. The van der Waals surface area contributed by atoms with Crippen LogP contribution in [0.15, 0.2) is 40.8 Å². The first-order chi connectivity index (χ1) is 21.1. The van der Waals surface area contributed by atoms with E-state index < -0.39 is 27.6 Å². The summed E-state index contributed by atoms with van der Waals surface area (Å²) >= 11 is 0. The quantitative estimate of drug-likeness (QED) is 0.368. The van der Waals surface area contributed by atoms with Crippen molar-refractivity contribution in [3.63, 3.8) is 0 Å². The topological polar surface area (TPSA) is 146 Å². The molecule has 13 heteroatoms. The largest absolute Gasteiger partial charge is 0.474 e. The van der Waals surface area contributed by atoms with Gasteiger partial charge in [-0.1, -0.05) is 6.08 Å². The van der Waals surface area contributed by atoms with Crippen molar-refractivity contribution >= 4 is 32.6 Å². The van der Waals surface area contributed by atoms with Gasteiger partial charge in [0.1, 0.15) is 17.7 Å². The molecule has 0 aliphatic heterocycles. The molecule has 0 radical (unpaired) electrons. The standard InChI is InChI=1S/C20H24N2O4S.C12H22N2O4/c1-27(24,25)11-9-18(14-6-7-14)22-10-8-15-12-19(21-13-17(15)20(22)23)26-16-4-2-3-5-16;1-12(2,3)18-11(16)13-9(8-6-7-8)10(15)14(4)17-5/h8-14,16,18H,2-7H2,1H3;8-9H,6-7H2,1-5H3,(H,13,16)/b11-9+;/t18-;9-/m10/s1. The molecule has 0 saturated heterocycles. The predicted octanol–water partition coefficient (Wildman–Crippen LogP) is 4.54. The van der Waals surface area contributed by atoms with Crippen LogP contribution in [0.1, 0.15) is 78.2 Å². The van der Waals surface area contributed by atoms with Crippen molar-refractivity contribution < 1.29 is 32.3 Å². The smallest absolute Gasteiger partial charge is 0.408 e. The minimum absolute atomic E-state index is 0.150. The maximum Gasteiger partial charge on any atom is 0.408 e. The fourth-order valence-corrected chi connectivity index (χ4v) is 5.73. The Labute approximate surface area is 265 Å². The molecule has 3 saturated carbocycles. The Morgan fingerprint density at radius 1 is 1.11 bits per heavy atom. The van der Waals surface area contributed by atoms with Gasteiger partial charge in [-0.2, -0.15) is 0 Å². The number of hydrogen-bond acceptors (Lipinski definition) is 9. The molecule has 0 bridgehead atoms. The average molecular weight is 647 g/mol. The van der Waals surface area contributed by atoms with Crippen molar-refractivity contribution in [2.75, 3.05) is 20.4 Å². The van der Waals surface area contributed by atoms with E-state index in [1.807, 2.05) is 12.1 Å². The number of allylic oxidation sites excluding steroid dienone is 1. The zero-order chi connectivity index (χ0) is 32.9. The van der Waals surface area contributed by atoms with E-state index in [2.05, 4.69) is 10.3 Å². The van der Waals surface area contributed by atoms with Gasteiger partial charge in [0.2, 0.25) is 5.88 Å². The van der Waals surface area contributed by atoms with Crippen LogP contribution in [0.25, 0.3) is 10.8 Å². The summed E-state index contributed by atoms with van der Waals surface area (Å²) in [5.74, 6) is 0.784. The van der Waals surface area contributed by atoms with Crippen molar-refractivity contribution in [1.29, 1.82) is 0 Å². The summed E-state index contributed by atoms with van der Waals surface area (Å²) in [7, 11) is -0.296. The van der Waals surface area contributed by atoms with Crippen molar-refractivity contribution in [3.05, 3.63) is 46.4 Å². The minimum atomic E-state index is -3.23. The lowest BCUT2D eigenvalue weighted by Crippen LogP contribution is -2.49. The SMILES string of the molecule is CON(C)C(=O)[C@@H](NC(=O)OC(C)(C)C)C1CC1.CS(=O)(=O)/C=C/[C@H](C1CC1)n1ccc2cc(OC3CCCC3)ncc2c1=O. The maximum absolute atomic E-state index is 13.0. The molecule has 45 heavy (non-hydrogen) atoms. The summed E-state index contributed by atoms with van der Waals surface area (Å²) in [5, 5.41) is 6.26. The predicted molar refractivity (Wildman–Crippen MR) is 170 cm³/mol. The monoisotopic (exact) mass is 646 g/mol. The lowest BCUT2D eigenvalue weighted by Gasteiger charge is -2.25. The molecule has 3 aliphatic rings. The lowest BCUT2D eigenvalue weighted by atomic mass is 10.1. The molecule has 0 aromatic carbocycles. The first-order valence-corrected chi connectivity index (χ1v) is 17.5. The number of hydrogen-bond donors (Lipinski definition) is 1. The first kappa shape index (κ1) is 34.4. The van der Waals surface area contributed by atoms with Crippen LogP contribution in [0, 0.1) is 11.8 Å². The lowest BCUT2D eigenvalue weighted by molar-refractivity contribution is -0.171. The molecule has 3 fully saturated rings. The third-order valence-corrected chi connectivity index (χ3v) is 8.60. The third-order valence-electron chi connectivity index (χ3n) is 7.95. The molecule has 2 heterocycles. The normalized spacial score (nSPS) is 18.6. The number of ether oxygens (including phenoxy) is 2. The van der Waals surface area contributed by atoms with Gasteiger partial charge in [0.15, 0.2) is 9.84 Å². The van der Waals surface area contributed by atoms with Gasteiger partial charge in [-0.15, -0.1) is 0 Å². The summed E-state index contributed by atoms with van der Waals surface area (Å²) in [6.07, 6.45) is 14.1. The second kappa shape index (κ2) is 14.3. The molecule has 12 nitrogen and oxygen atoms in total. The molecular weight excluding hydrogens is 600 g/mol. The fraction of sp³-hybridized carbons (Fsp3) is 0.625. The number of alkyl carbamates (subject to hydrolysis) is 1. The molecular formula is C32H46N4O8S. The molecule has 5 rings (SSSR count). The Hall–Kier alpha value is -3.45. The summed E-state index contributed by atoms with van der Waals surface area (Å²) in [6.45, 7) is 5.34. The Morgan fingerprint density at radius 2 is 1.76 bits per heavy atom. The summed E-state index contributed by atoms with van der Waals surface area (Å²) < 4.78 is 35.7. The van der Waals surface area contributed by atoms with Gasteiger partial charge in [0.25, 0.3) is 11.5 Å². The van der Waals surface area contributed by atoms with Crippen LogP contribution in [-0.2, 0) is 24.2 Å². The third kappa shape index (κ3) is 10.3. The van der Waals surface area contributed by atoms with E-state index in [1.165, 1.54) is 32.4 Å². The summed E-state index contributed by atoms with van der Waals surface area (Å²) in [4.78, 5) is 45.8.